The van der Waals surface area contributed by atoms with Crippen LogP contribution in [0.5, 0.6) is 0 Å². The van der Waals surface area contributed by atoms with Gasteiger partial charge in [-0.3, -0.25) is 9.78 Å². The fourth-order valence-electron chi connectivity index (χ4n) is 3.39. The number of rotatable bonds is 5. The average molecular weight is 388 g/mol. The molecule has 1 amide bonds. The summed E-state index contributed by atoms with van der Waals surface area (Å²) in [6, 6.07) is 14.0. The number of aryl methyl sites for hydroxylation is 1. The normalized spacial score (nSPS) is 12.1. The van der Waals surface area contributed by atoms with Crippen molar-refractivity contribution in [2.24, 2.45) is 0 Å². The molecule has 2 aromatic heterocycles. The van der Waals surface area contributed by atoms with Gasteiger partial charge in [0.25, 0.3) is 5.91 Å². The van der Waals surface area contributed by atoms with Crippen molar-refractivity contribution in [3.63, 3.8) is 0 Å². The zero-order valence-electron chi connectivity index (χ0n) is 16.1. The predicted octanol–water partition coefficient (Wildman–Crippen LogP) is 3.79. The Morgan fingerprint density at radius 2 is 1.90 bits per heavy atom. The molecule has 29 heavy (non-hydrogen) atoms. The summed E-state index contributed by atoms with van der Waals surface area (Å²) in [6.07, 6.45) is 3.17. The average Bonchev–Trinajstić information content (AvgIpc) is 3.07. The largest absolute Gasteiger partial charge is 0.448 e. The first-order valence-electron chi connectivity index (χ1n) is 9.37. The number of carbonyl (C=O) groups excluding carboxylic acids is 2. The molecule has 0 spiro atoms. The summed E-state index contributed by atoms with van der Waals surface area (Å²) in [6.45, 7) is 4.48. The van der Waals surface area contributed by atoms with Gasteiger partial charge >= 0.3 is 5.97 Å². The summed E-state index contributed by atoms with van der Waals surface area (Å²) in [7, 11) is 0. The number of aromatic nitrogens is 3. The van der Waals surface area contributed by atoms with Crippen molar-refractivity contribution in [1.82, 2.24) is 14.5 Å². The van der Waals surface area contributed by atoms with Gasteiger partial charge in [0, 0.05) is 46.4 Å². The van der Waals surface area contributed by atoms with Crippen molar-refractivity contribution in [3.8, 4) is 0 Å². The van der Waals surface area contributed by atoms with Gasteiger partial charge in [0.05, 0.1) is 6.20 Å². The molecule has 0 unspecified atom stereocenters. The number of hydrogen-bond acceptors (Lipinski definition) is 5. The molecule has 2 heterocycles. The van der Waals surface area contributed by atoms with Gasteiger partial charge in [0.1, 0.15) is 0 Å². The fourth-order valence-corrected chi connectivity index (χ4v) is 3.39. The first kappa shape index (κ1) is 18.6. The molecule has 1 atom stereocenters. The van der Waals surface area contributed by atoms with Crippen LogP contribution >= 0.6 is 0 Å². The maximum atomic E-state index is 12.5. The Kier molecular flexibility index (Phi) is 4.95. The number of ether oxygens (including phenoxy) is 1. The zero-order chi connectivity index (χ0) is 20.4. The minimum absolute atomic E-state index is 0.0564. The number of para-hydroxylation sites is 1. The first-order chi connectivity index (χ1) is 14.1. The smallest absolute Gasteiger partial charge is 0.359 e. The van der Waals surface area contributed by atoms with Crippen LogP contribution in [-0.4, -0.2) is 32.5 Å². The Labute approximate surface area is 167 Å². The molecule has 0 aliphatic rings. The molecule has 7 heteroatoms. The van der Waals surface area contributed by atoms with Crippen LogP contribution in [0, 0.1) is 0 Å². The van der Waals surface area contributed by atoms with Crippen molar-refractivity contribution in [1.29, 1.82) is 0 Å². The Hall–Kier alpha value is -3.74. The molecule has 7 nitrogen and oxygen atoms in total. The van der Waals surface area contributed by atoms with E-state index in [0.717, 1.165) is 28.4 Å². The lowest BCUT2D eigenvalue weighted by molar-refractivity contribution is -0.123. The monoisotopic (exact) mass is 388 g/mol. The van der Waals surface area contributed by atoms with Gasteiger partial charge in [-0.05, 0) is 38.1 Å². The highest BCUT2D eigenvalue weighted by Gasteiger charge is 2.20. The van der Waals surface area contributed by atoms with Crippen molar-refractivity contribution in [3.05, 3.63) is 66.7 Å². The number of nitrogens with zero attached hydrogens (tertiary/aromatic N) is 3. The molecule has 0 fully saturated rings. The molecule has 2 aromatic carbocycles. The SMILES string of the molecule is CCn1c2ccccc2c2cc(NC(=O)[C@H](C)OC(=O)c3cnccn3)ccc21. The molecule has 1 N–H and O–H groups in total. The second-order valence-corrected chi connectivity index (χ2v) is 6.62. The lowest BCUT2D eigenvalue weighted by atomic mass is 10.1. The second kappa shape index (κ2) is 7.71. The lowest BCUT2D eigenvalue weighted by Gasteiger charge is -2.13. The van der Waals surface area contributed by atoms with Gasteiger partial charge in [-0.2, -0.15) is 0 Å². The summed E-state index contributed by atoms with van der Waals surface area (Å²) < 4.78 is 7.43. The number of hydrogen-bond donors (Lipinski definition) is 1. The quantitative estimate of drug-likeness (QED) is 0.526. The van der Waals surface area contributed by atoms with Crippen molar-refractivity contribution in [2.45, 2.75) is 26.5 Å². The topological polar surface area (TPSA) is 86.1 Å². The molecule has 146 valence electrons. The van der Waals surface area contributed by atoms with Crippen LogP contribution in [0.15, 0.2) is 61.1 Å². The molecule has 0 aliphatic carbocycles. The maximum Gasteiger partial charge on any atom is 0.359 e. The third kappa shape index (κ3) is 3.54. The predicted molar refractivity (Wildman–Crippen MR) is 111 cm³/mol. The van der Waals surface area contributed by atoms with Crippen molar-refractivity contribution < 1.29 is 14.3 Å². The van der Waals surface area contributed by atoms with Crippen LogP contribution < -0.4 is 5.32 Å². The number of amides is 1. The highest BCUT2D eigenvalue weighted by atomic mass is 16.5. The third-order valence-corrected chi connectivity index (χ3v) is 4.78. The van der Waals surface area contributed by atoms with Crippen LogP contribution in [0.25, 0.3) is 21.8 Å². The number of nitrogens with one attached hydrogen (secondary N) is 1. The van der Waals surface area contributed by atoms with E-state index in [9.17, 15) is 9.59 Å². The van der Waals surface area contributed by atoms with Gasteiger partial charge in [0.15, 0.2) is 11.8 Å². The molecule has 0 aliphatic heterocycles. The zero-order valence-corrected chi connectivity index (χ0v) is 16.1. The number of fused-ring (bicyclic) bond motifs is 3. The summed E-state index contributed by atoms with van der Waals surface area (Å²) in [5, 5.41) is 5.01. The molecular weight excluding hydrogens is 368 g/mol. The van der Waals surface area contributed by atoms with Crippen LogP contribution in [0.3, 0.4) is 0 Å². The number of carbonyl (C=O) groups is 2. The van der Waals surface area contributed by atoms with Crippen molar-refractivity contribution in [2.75, 3.05) is 5.32 Å². The molecule has 0 saturated heterocycles. The molecule has 4 aromatic rings. The van der Waals surface area contributed by atoms with E-state index in [0.29, 0.717) is 5.69 Å². The van der Waals surface area contributed by atoms with Gasteiger partial charge in [-0.25, -0.2) is 9.78 Å². The second-order valence-electron chi connectivity index (χ2n) is 6.62. The minimum Gasteiger partial charge on any atom is -0.448 e. The number of esters is 1. The van der Waals surface area contributed by atoms with Crippen LogP contribution in [0.4, 0.5) is 5.69 Å². The molecule has 0 radical (unpaired) electrons. The molecule has 0 bridgehead atoms. The standard InChI is InChI=1S/C22H20N4O3/c1-3-26-19-7-5-4-6-16(19)17-12-15(8-9-20(17)26)25-21(27)14(2)29-22(28)18-13-23-10-11-24-18/h4-14H,3H2,1-2H3,(H,25,27)/t14-/m0/s1. The Bertz CT molecular complexity index is 1200. The van der Waals surface area contributed by atoms with E-state index < -0.39 is 18.0 Å². The Morgan fingerprint density at radius 1 is 1.10 bits per heavy atom. The van der Waals surface area contributed by atoms with E-state index in [1.54, 1.807) is 0 Å². The van der Waals surface area contributed by atoms with Crippen LogP contribution in [0.2, 0.25) is 0 Å². The molecule has 0 saturated carbocycles. The van der Waals surface area contributed by atoms with Crippen LogP contribution in [-0.2, 0) is 16.1 Å². The lowest BCUT2D eigenvalue weighted by Crippen LogP contribution is -2.30. The van der Waals surface area contributed by atoms with Gasteiger partial charge in [-0.1, -0.05) is 18.2 Å². The number of benzene rings is 2. The van der Waals surface area contributed by atoms with E-state index in [4.69, 9.17) is 4.74 Å². The van der Waals surface area contributed by atoms with E-state index in [1.807, 2.05) is 30.3 Å². The van der Waals surface area contributed by atoms with Gasteiger partial charge < -0.3 is 14.6 Å². The Balaban J connectivity index is 1.55. The van der Waals surface area contributed by atoms with Gasteiger partial charge in [0.2, 0.25) is 0 Å². The summed E-state index contributed by atoms with van der Waals surface area (Å²) in [4.78, 5) is 32.3. The number of anilines is 1. The van der Waals surface area contributed by atoms with E-state index in [2.05, 4.69) is 38.9 Å². The van der Waals surface area contributed by atoms with E-state index in [-0.39, 0.29) is 5.69 Å². The van der Waals surface area contributed by atoms with E-state index in [1.165, 1.54) is 25.5 Å². The highest BCUT2D eigenvalue weighted by Crippen LogP contribution is 2.31. The van der Waals surface area contributed by atoms with E-state index >= 15 is 0 Å². The molecular formula is C22H20N4O3. The Morgan fingerprint density at radius 3 is 2.66 bits per heavy atom. The third-order valence-electron chi connectivity index (χ3n) is 4.78. The van der Waals surface area contributed by atoms with Crippen molar-refractivity contribution >= 4 is 39.4 Å². The minimum atomic E-state index is -0.975. The fraction of sp³-hybridized carbons (Fsp3) is 0.182. The maximum absolute atomic E-state index is 12.5. The van der Waals surface area contributed by atoms with Crippen LogP contribution in [0.1, 0.15) is 24.3 Å². The highest BCUT2D eigenvalue weighted by molar-refractivity contribution is 6.10. The van der Waals surface area contributed by atoms with Gasteiger partial charge in [-0.15, -0.1) is 0 Å². The summed E-state index contributed by atoms with van der Waals surface area (Å²) in [5.74, 6) is -1.11. The first-order valence-corrected chi connectivity index (χ1v) is 9.37. The summed E-state index contributed by atoms with van der Waals surface area (Å²) in [5.41, 5.74) is 2.96. The summed E-state index contributed by atoms with van der Waals surface area (Å²) >= 11 is 0. The molecule has 4 rings (SSSR count).